The number of nitrogens with one attached hydrogen (secondary N) is 1. The van der Waals surface area contributed by atoms with Gasteiger partial charge in [0.2, 0.25) is 0 Å². The van der Waals surface area contributed by atoms with Gasteiger partial charge in [-0.1, -0.05) is 65.0 Å². The van der Waals surface area contributed by atoms with Gasteiger partial charge in [-0.15, -0.1) is 0 Å². The van der Waals surface area contributed by atoms with Crippen molar-refractivity contribution in [1.29, 1.82) is 0 Å². The van der Waals surface area contributed by atoms with E-state index in [4.69, 9.17) is 0 Å². The molecule has 0 saturated heterocycles. The molecular weight excluding hydrogens is 230 g/mol. The molecule has 0 aliphatic heterocycles. The number of hydrogen-bond donors (Lipinski definition) is 1. The second kappa shape index (κ2) is 5.28. The molecule has 0 aromatic heterocycles. The second-order valence-corrected chi connectivity index (χ2v) is 7.30. The summed E-state index contributed by atoms with van der Waals surface area (Å²) >= 11 is 0. The second-order valence-electron chi connectivity index (χ2n) is 7.30. The monoisotopic (exact) mass is 259 g/mol. The van der Waals surface area contributed by atoms with E-state index in [0.717, 1.165) is 12.5 Å². The number of benzene rings is 1. The van der Waals surface area contributed by atoms with Gasteiger partial charge in [0.05, 0.1) is 0 Å². The first-order valence-corrected chi connectivity index (χ1v) is 7.63. The maximum absolute atomic E-state index is 3.66. The van der Waals surface area contributed by atoms with E-state index in [9.17, 15) is 0 Å². The Bertz CT molecular complexity index is 391. The highest BCUT2D eigenvalue weighted by Gasteiger charge is 2.63. The van der Waals surface area contributed by atoms with Crippen molar-refractivity contribution in [3.05, 3.63) is 35.9 Å². The summed E-state index contributed by atoms with van der Waals surface area (Å²) in [6.45, 7) is 14.2. The van der Waals surface area contributed by atoms with Gasteiger partial charge >= 0.3 is 0 Å². The maximum atomic E-state index is 3.66. The zero-order chi connectivity index (χ0) is 14.1. The zero-order valence-electron chi connectivity index (χ0n) is 13.2. The van der Waals surface area contributed by atoms with Gasteiger partial charge in [0.25, 0.3) is 0 Å². The molecule has 1 aromatic carbocycles. The van der Waals surface area contributed by atoms with Crippen LogP contribution in [0.5, 0.6) is 0 Å². The van der Waals surface area contributed by atoms with Crippen LogP contribution < -0.4 is 5.32 Å². The Hall–Kier alpha value is -0.820. The van der Waals surface area contributed by atoms with Crippen molar-refractivity contribution in [3.63, 3.8) is 0 Å². The quantitative estimate of drug-likeness (QED) is 0.744. The van der Waals surface area contributed by atoms with Gasteiger partial charge in [-0.25, -0.2) is 0 Å². The van der Waals surface area contributed by atoms with E-state index in [2.05, 4.69) is 70.3 Å². The lowest BCUT2D eigenvalue weighted by Gasteiger charge is -2.12. The molecular formula is C18H29N. The van der Waals surface area contributed by atoms with Gasteiger partial charge in [0, 0.05) is 0 Å². The van der Waals surface area contributed by atoms with Crippen molar-refractivity contribution < 1.29 is 0 Å². The van der Waals surface area contributed by atoms with Crippen LogP contribution in [0.15, 0.2) is 30.3 Å². The van der Waals surface area contributed by atoms with Crippen molar-refractivity contribution in [2.45, 2.75) is 47.0 Å². The van der Waals surface area contributed by atoms with Crippen LogP contribution >= 0.6 is 0 Å². The van der Waals surface area contributed by atoms with Crippen molar-refractivity contribution in [1.82, 2.24) is 5.32 Å². The average molecular weight is 259 g/mol. The fourth-order valence-corrected chi connectivity index (χ4v) is 3.36. The van der Waals surface area contributed by atoms with E-state index in [0.29, 0.717) is 16.7 Å². The summed E-state index contributed by atoms with van der Waals surface area (Å²) in [5.74, 6) is 1.47. The summed E-state index contributed by atoms with van der Waals surface area (Å²) in [4.78, 5) is 0. The molecule has 0 radical (unpaired) electrons. The molecule has 1 aliphatic carbocycles. The van der Waals surface area contributed by atoms with Crippen LogP contribution in [-0.4, -0.2) is 13.1 Å². The van der Waals surface area contributed by atoms with Gasteiger partial charge in [0.1, 0.15) is 0 Å². The Morgan fingerprint density at radius 2 is 1.63 bits per heavy atom. The standard InChI is InChI=1S/C18H29N/c1-14(15-9-7-6-8-10-15)11-12-19-13-16-17(2,3)18(16,4)5/h6-10,14,16,19H,11-13H2,1-5H3. The van der Waals surface area contributed by atoms with E-state index in [1.807, 2.05) is 0 Å². The van der Waals surface area contributed by atoms with Gasteiger partial charge in [-0.3, -0.25) is 0 Å². The minimum atomic E-state index is 0.505. The van der Waals surface area contributed by atoms with E-state index >= 15 is 0 Å². The smallest absolute Gasteiger partial charge is 0.000988 e. The molecule has 1 heteroatoms. The zero-order valence-corrected chi connectivity index (χ0v) is 13.2. The molecule has 0 bridgehead atoms. The normalized spacial score (nSPS) is 22.2. The molecule has 1 atom stereocenters. The molecule has 0 spiro atoms. The molecule has 2 rings (SSSR count). The van der Waals surface area contributed by atoms with Crippen LogP contribution in [-0.2, 0) is 0 Å². The Labute approximate surface area is 118 Å². The van der Waals surface area contributed by atoms with Crippen LogP contribution in [0.2, 0.25) is 0 Å². The molecule has 1 saturated carbocycles. The predicted octanol–water partition coefficient (Wildman–Crippen LogP) is 4.45. The minimum Gasteiger partial charge on any atom is -0.316 e. The Balaban J connectivity index is 1.69. The number of hydrogen-bond acceptors (Lipinski definition) is 1. The largest absolute Gasteiger partial charge is 0.316 e. The highest BCUT2D eigenvalue weighted by Crippen LogP contribution is 2.67. The molecule has 106 valence electrons. The molecule has 0 heterocycles. The third-order valence-electron chi connectivity index (χ3n) is 5.79. The van der Waals surface area contributed by atoms with Crippen LogP contribution in [0, 0.1) is 16.7 Å². The summed E-state index contributed by atoms with van der Waals surface area (Å²) in [5.41, 5.74) is 2.46. The third-order valence-corrected chi connectivity index (χ3v) is 5.79. The van der Waals surface area contributed by atoms with E-state index in [1.165, 1.54) is 18.5 Å². The summed E-state index contributed by atoms with van der Waals surface area (Å²) < 4.78 is 0. The van der Waals surface area contributed by atoms with Gasteiger partial charge in [-0.2, -0.15) is 0 Å². The summed E-state index contributed by atoms with van der Waals surface area (Å²) in [6, 6.07) is 10.8. The Morgan fingerprint density at radius 1 is 1.05 bits per heavy atom. The lowest BCUT2D eigenvalue weighted by molar-refractivity contribution is 0.457. The fourth-order valence-electron chi connectivity index (χ4n) is 3.36. The van der Waals surface area contributed by atoms with Crippen LogP contribution in [0.1, 0.15) is 52.5 Å². The van der Waals surface area contributed by atoms with Crippen molar-refractivity contribution in [2.24, 2.45) is 16.7 Å². The summed E-state index contributed by atoms with van der Waals surface area (Å²) in [5, 5.41) is 3.66. The Morgan fingerprint density at radius 3 is 2.16 bits per heavy atom. The van der Waals surface area contributed by atoms with Crippen LogP contribution in [0.25, 0.3) is 0 Å². The van der Waals surface area contributed by atoms with E-state index in [1.54, 1.807) is 0 Å². The van der Waals surface area contributed by atoms with Gasteiger partial charge < -0.3 is 5.32 Å². The van der Waals surface area contributed by atoms with Crippen molar-refractivity contribution >= 4 is 0 Å². The first-order chi connectivity index (χ1) is 8.87. The predicted molar refractivity (Wildman–Crippen MR) is 83.4 cm³/mol. The lowest BCUT2D eigenvalue weighted by Crippen LogP contribution is -2.21. The number of rotatable bonds is 6. The molecule has 1 aliphatic rings. The molecule has 1 fully saturated rings. The van der Waals surface area contributed by atoms with Gasteiger partial charge in [0.15, 0.2) is 0 Å². The summed E-state index contributed by atoms with van der Waals surface area (Å²) in [7, 11) is 0. The van der Waals surface area contributed by atoms with Crippen LogP contribution in [0.3, 0.4) is 0 Å². The molecule has 1 N–H and O–H groups in total. The molecule has 1 aromatic rings. The minimum absolute atomic E-state index is 0.505. The highest BCUT2D eigenvalue weighted by molar-refractivity contribution is 5.18. The van der Waals surface area contributed by atoms with Gasteiger partial charge in [-0.05, 0) is 47.7 Å². The highest BCUT2D eigenvalue weighted by atomic mass is 14.9. The fraction of sp³-hybridized carbons (Fsp3) is 0.667. The first kappa shape index (κ1) is 14.6. The van der Waals surface area contributed by atoms with E-state index in [-0.39, 0.29) is 0 Å². The average Bonchev–Trinajstić information content (AvgIpc) is 2.77. The Kier molecular flexibility index (Phi) is 4.06. The molecule has 1 nitrogen and oxygen atoms in total. The molecule has 19 heavy (non-hydrogen) atoms. The lowest BCUT2D eigenvalue weighted by atomic mass is 9.98. The van der Waals surface area contributed by atoms with E-state index < -0.39 is 0 Å². The van der Waals surface area contributed by atoms with Crippen LogP contribution in [0.4, 0.5) is 0 Å². The van der Waals surface area contributed by atoms with Crippen molar-refractivity contribution in [3.8, 4) is 0 Å². The topological polar surface area (TPSA) is 12.0 Å². The first-order valence-electron chi connectivity index (χ1n) is 7.63. The molecule has 1 unspecified atom stereocenters. The van der Waals surface area contributed by atoms with Crippen molar-refractivity contribution in [2.75, 3.05) is 13.1 Å². The summed E-state index contributed by atoms with van der Waals surface area (Å²) in [6.07, 6.45) is 1.22. The SMILES string of the molecule is CC(CCNCC1C(C)(C)C1(C)C)c1ccccc1. The molecule has 0 amide bonds. The third kappa shape index (κ3) is 2.86. The maximum Gasteiger partial charge on any atom is -0.000988 e.